The summed E-state index contributed by atoms with van der Waals surface area (Å²) in [5.74, 6) is -0.457. The van der Waals surface area contributed by atoms with Crippen LogP contribution in [0.3, 0.4) is 0 Å². The van der Waals surface area contributed by atoms with E-state index in [1.54, 1.807) is 30.3 Å². The van der Waals surface area contributed by atoms with Crippen molar-refractivity contribution in [3.05, 3.63) is 64.0 Å². The first-order chi connectivity index (χ1) is 12.6. The molecule has 2 aromatic rings. The van der Waals surface area contributed by atoms with E-state index >= 15 is 0 Å². The molecule has 2 heterocycles. The number of aromatic nitrogens is 1. The number of pyridine rings is 1. The molecule has 0 bridgehead atoms. The first-order valence-corrected chi connectivity index (χ1v) is 8.01. The molecule has 1 aliphatic heterocycles. The SMILES string of the molecule is O=C(N/N=C/c1ccc(N2CCOCC2)c([N+](=O)[O-])c1)c1ccccn1. The van der Waals surface area contributed by atoms with Gasteiger partial charge in [0.15, 0.2) is 0 Å². The molecule has 134 valence electrons. The number of anilines is 1. The van der Waals surface area contributed by atoms with Gasteiger partial charge in [0.1, 0.15) is 11.4 Å². The number of hydrogen-bond donors (Lipinski definition) is 1. The third-order valence-electron chi connectivity index (χ3n) is 3.83. The number of hydrogen-bond acceptors (Lipinski definition) is 7. The third-order valence-corrected chi connectivity index (χ3v) is 3.83. The minimum atomic E-state index is -0.457. The van der Waals surface area contributed by atoms with Crippen molar-refractivity contribution in [3.8, 4) is 0 Å². The molecule has 0 saturated carbocycles. The predicted octanol–water partition coefficient (Wildman–Crippen LogP) is 1.59. The molecule has 9 nitrogen and oxygen atoms in total. The molecule has 0 spiro atoms. The fourth-order valence-corrected chi connectivity index (χ4v) is 2.56. The van der Waals surface area contributed by atoms with Crippen molar-refractivity contribution in [2.24, 2.45) is 5.10 Å². The van der Waals surface area contributed by atoms with Crippen molar-refractivity contribution in [3.63, 3.8) is 0 Å². The van der Waals surface area contributed by atoms with E-state index in [2.05, 4.69) is 15.5 Å². The molecule has 3 rings (SSSR count). The zero-order chi connectivity index (χ0) is 18.4. The molecule has 1 N–H and O–H groups in total. The summed E-state index contributed by atoms with van der Waals surface area (Å²) in [4.78, 5) is 28.7. The maximum Gasteiger partial charge on any atom is 0.293 e. The van der Waals surface area contributed by atoms with Crippen molar-refractivity contribution in [1.29, 1.82) is 0 Å². The maximum atomic E-state index is 11.9. The average Bonchev–Trinajstić information content (AvgIpc) is 2.69. The van der Waals surface area contributed by atoms with E-state index in [9.17, 15) is 14.9 Å². The Morgan fingerprint density at radius 2 is 2.12 bits per heavy atom. The normalized spacial score (nSPS) is 14.4. The van der Waals surface area contributed by atoms with E-state index in [1.807, 2.05) is 4.90 Å². The second-order valence-electron chi connectivity index (χ2n) is 5.52. The van der Waals surface area contributed by atoms with E-state index in [4.69, 9.17) is 4.74 Å². The summed E-state index contributed by atoms with van der Waals surface area (Å²) in [6, 6.07) is 9.79. The van der Waals surface area contributed by atoms with Crippen LogP contribution in [0.25, 0.3) is 0 Å². The summed E-state index contributed by atoms with van der Waals surface area (Å²) in [6.07, 6.45) is 2.86. The van der Waals surface area contributed by atoms with E-state index in [1.165, 1.54) is 18.5 Å². The number of nitro groups is 1. The van der Waals surface area contributed by atoms with Crippen LogP contribution in [0, 0.1) is 10.1 Å². The minimum Gasteiger partial charge on any atom is -0.378 e. The minimum absolute atomic E-state index is 0.00750. The van der Waals surface area contributed by atoms with Crippen molar-refractivity contribution in [2.75, 3.05) is 31.2 Å². The standard InChI is InChI=1S/C17H17N5O4/c23-17(14-3-1-2-6-18-14)20-19-12-13-4-5-15(16(11-13)22(24)25)21-7-9-26-10-8-21/h1-6,11-12H,7-10H2,(H,20,23)/b19-12+. The summed E-state index contributed by atoms with van der Waals surface area (Å²) in [6.45, 7) is 2.29. The maximum absolute atomic E-state index is 11.9. The number of amides is 1. The highest BCUT2D eigenvalue weighted by molar-refractivity contribution is 5.93. The zero-order valence-electron chi connectivity index (χ0n) is 13.9. The van der Waals surface area contributed by atoms with Gasteiger partial charge in [0, 0.05) is 30.9 Å². The fraction of sp³-hybridized carbons (Fsp3) is 0.235. The van der Waals surface area contributed by atoms with Gasteiger partial charge in [-0.25, -0.2) is 5.43 Å². The van der Waals surface area contributed by atoms with Gasteiger partial charge in [-0.05, 0) is 18.2 Å². The average molecular weight is 355 g/mol. The van der Waals surface area contributed by atoms with Crippen LogP contribution in [0.5, 0.6) is 0 Å². The highest BCUT2D eigenvalue weighted by Crippen LogP contribution is 2.29. The van der Waals surface area contributed by atoms with Crippen LogP contribution in [-0.4, -0.2) is 48.3 Å². The molecule has 9 heteroatoms. The van der Waals surface area contributed by atoms with Gasteiger partial charge in [-0.15, -0.1) is 0 Å². The van der Waals surface area contributed by atoms with Crippen molar-refractivity contribution in [1.82, 2.24) is 10.4 Å². The molecule has 1 fully saturated rings. The van der Waals surface area contributed by atoms with Gasteiger partial charge in [-0.3, -0.25) is 19.9 Å². The molecular weight excluding hydrogens is 338 g/mol. The largest absolute Gasteiger partial charge is 0.378 e. The van der Waals surface area contributed by atoms with Crippen LogP contribution in [0.1, 0.15) is 16.1 Å². The Hall–Kier alpha value is -3.33. The summed E-state index contributed by atoms with van der Waals surface area (Å²) in [7, 11) is 0. The van der Waals surface area contributed by atoms with Crippen LogP contribution < -0.4 is 10.3 Å². The molecule has 26 heavy (non-hydrogen) atoms. The molecule has 1 aliphatic rings. The number of ether oxygens (including phenoxy) is 1. The quantitative estimate of drug-likeness (QED) is 0.495. The first-order valence-electron chi connectivity index (χ1n) is 8.01. The lowest BCUT2D eigenvalue weighted by atomic mass is 10.1. The van der Waals surface area contributed by atoms with Crippen LogP contribution in [0.4, 0.5) is 11.4 Å². The van der Waals surface area contributed by atoms with Gasteiger partial charge in [-0.2, -0.15) is 5.10 Å². The number of nitrogens with one attached hydrogen (secondary N) is 1. The second kappa shape index (κ2) is 8.17. The third kappa shape index (κ3) is 4.19. The lowest BCUT2D eigenvalue weighted by Crippen LogP contribution is -2.36. The molecule has 1 saturated heterocycles. The monoisotopic (exact) mass is 355 g/mol. The highest BCUT2D eigenvalue weighted by atomic mass is 16.6. The van der Waals surface area contributed by atoms with E-state index in [0.717, 1.165) is 0 Å². The number of carbonyl (C=O) groups excluding carboxylic acids is 1. The van der Waals surface area contributed by atoms with Gasteiger partial charge < -0.3 is 9.64 Å². The Morgan fingerprint density at radius 3 is 2.81 bits per heavy atom. The van der Waals surface area contributed by atoms with E-state index < -0.39 is 10.8 Å². The van der Waals surface area contributed by atoms with E-state index in [-0.39, 0.29) is 11.4 Å². The molecule has 1 amide bonds. The molecule has 0 aliphatic carbocycles. The summed E-state index contributed by atoms with van der Waals surface area (Å²) < 4.78 is 5.28. The fourth-order valence-electron chi connectivity index (χ4n) is 2.56. The van der Waals surface area contributed by atoms with E-state index in [0.29, 0.717) is 37.6 Å². The second-order valence-corrected chi connectivity index (χ2v) is 5.52. The van der Waals surface area contributed by atoms with Crippen LogP contribution >= 0.6 is 0 Å². The van der Waals surface area contributed by atoms with Crippen LogP contribution in [0.2, 0.25) is 0 Å². The Kier molecular flexibility index (Phi) is 5.49. The highest BCUT2D eigenvalue weighted by Gasteiger charge is 2.21. The van der Waals surface area contributed by atoms with Crippen molar-refractivity contribution < 1.29 is 14.5 Å². The first kappa shape index (κ1) is 17.5. The molecule has 0 unspecified atom stereocenters. The summed E-state index contributed by atoms with van der Waals surface area (Å²) in [5.41, 5.74) is 3.63. The Balaban J connectivity index is 1.73. The lowest BCUT2D eigenvalue weighted by Gasteiger charge is -2.28. The summed E-state index contributed by atoms with van der Waals surface area (Å²) >= 11 is 0. The Labute approximate surface area is 149 Å². The number of carbonyl (C=O) groups is 1. The molecule has 1 aromatic carbocycles. The number of morpholine rings is 1. The van der Waals surface area contributed by atoms with Gasteiger partial charge in [-0.1, -0.05) is 12.1 Å². The Morgan fingerprint density at radius 1 is 1.31 bits per heavy atom. The number of benzene rings is 1. The van der Waals surface area contributed by atoms with Gasteiger partial charge >= 0.3 is 0 Å². The lowest BCUT2D eigenvalue weighted by molar-refractivity contribution is -0.384. The number of nitro benzene ring substituents is 1. The van der Waals surface area contributed by atoms with Crippen LogP contribution in [0.15, 0.2) is 47.7 Å². The number of hydrazone groups is 1. The molecule has 1 aromatic heterocycles. The van der Waals surface area contributed by atoms with Crippen molar-refractivity contribution >= 4 is 23.5 Å². The predicted molar refractivity (Wildman–Crippen MR) is 95.4 cm³/mol. The van der Waals surface area contributed by atoms with Gasteiger partial charge in [0.25, 0.3) is 11.6 Å². The molecule has 0 atom stereocenters. The number of rotatable bonds is 5. The summed E-state index contributed by atoms with van der Waals surface area (Å²) in [5, 5.41) is 15.2. The Bertz CT molecular complexity index is 819. The number of nitrogens with zero attached hydrogens (tertiary/aromatic N) is 4. The smallest absolute Gasteiger partial charge is 0.293 e. The van der Waals surface area contributed by atoms with Gasteiger partial charge in [0.2, 0.25) is 0 Å². The molecule has 0 radical (unpaired) electrons. The zero-order valence-corrected chi connectivity index (χ0v) is 13.9. The molecular formula is C17H17N5O4. The van der Waals surface area contributed by atoms with Gasteiger partial charge in [0.05, 0.1) is 24.4 Å². The van der Waals surface area contributed by atoms with Crippen molar-refractivity contribution in [2.45, 2.75) is 0 Å². The topological polar surface area (TPSA) is 110 Å². The van der Waals surface area contributed by atoms with Crippen LogP contribution in [-0.2, 0) is 4.74 Å².